The molecule has 266 valence electrons. The average molecular weight is 705 g/mol. The molecule has 4 aromatic rings. The van der Waals surface area contributed by atoms with E-state index in [9.17, 15) is 38.1 Å². The van der Waals surface area contributed by atoms with Gasteiger partial charge in [-0.1, -0.05) is 60.7 Å². The molecule has 1 saturated carbocycles. The van der Waals surface area contributed by atoms with Crippen LogP contribution >= 0.6 is 0 Å². The van der Waals surface area contributed by atoms with E-state index in [-0.39, 0.29) is 59.3 Å². The molecule has 1 fully saturated rings. The summed E-state index contributed by atoms with van der Waals surface area (Å²) in [6.07, 6.45) is -7.09. The molecule has 5 atom stereocenters. The molecular weight excluding hydrogens is 669 g/mol. The number of aromatic nitrogens is 1. The maximum absolute atomic E-state index is 14.9. The SMILES string of the molecule is CC(O)c1cc(OCc2ccccc2)c2c(c1C(F)(F)F)C[C@H]1C[C@H]3[C@H](N(C)C)c4onc(OCc5ccccc5)c4C(=O)[C@@]3(O)C(=O)C1=C2O. The first-order chi connectivity index (χ1) is 24.2. The van der Waals surface area contributed by atoms with Gasteiger partial charge in [-0.15, -0.1) is 0 Å². The number of carbonyl (C=O) groups excluding carboxylic acids is 2. The van der Waals surface area contributed by atoms with E-state index in [1.165, 1.54) is 6.92 Å². The van der Waals surface area contributed by atoms with E-state index in [2.05, 4.69) is 5.16 Å². The molecule has 0 bridgehead atoms. The standard InChI is InChI=1S/C38H35F3N2O8/c1-19(44)23-16-26(49-17-20-10-6-4-7-11-20)28-24(30(23)38(39,40)41)14-22-15-25-31(43(2)3)33-29(35(47)37(25,48)34(46)27(22)32(28)45)36(42-51-33)50-18-21-12-8-5-9-13-21/h4-13,16,19,22,25,31,44-45,48H,14-15,17-18H2,1-3H3/t19?,22-,25-,31-,37-/m0/s1. The van der Waals surface area contributed by atoms with Crippen molar-refractivity contribution in [3.63, 3.8) is 0 Å². The van der Waals surface area contributed by atoms with Crippen molar-refractivity contribution in [3.8, 4) is 11.6 Å². The predicted molar refractivity (Wildman–Crippen MR) is 176 cm³/mol. The monoisotopic (exact) mass is 704 g/mol. The quantitative estimate of drug-likeness (QED) is 0.183. The molecular formula is C38H35F3N2O8. The molecule has 1 aromatic heterocycles. The number of hydrogen-bond donors (Lipinski definition) is 3. The molecule has 3 N–H and O–H groups in total. The Kier molecular flexibility index (Phi) is 8.55. The third kappa shape index (κ3) is 5.60. The van der Waals surface area contributed by atoms with Gasteiger partial charge in [-0.2, -0.15) is 13.2 Å². The van der Waals surface area contributed by atoms with Crippen LogP contribution in [0.3, 0.4) is 0 Å². The Morgan fingerprint density at radius 1 is 0.980 bits per heavy atom. The second kappa shape index (κ2) is 12.7. The van der Waals surface area contributed by atoms with Gasteiger partial charge in [-0.3, -0.25) is 14.5 Å². The van der Waals surface area contributed by atoms with Gasteiger partial charge >= 0.3 is 6.18 Å². The van der Waals surface area contributed by atoms with Gasteiger partial charge in [-0.05, 0) is 73.3 Å². The van der Waals surface area contributed by atoms with E-state index in [4.69, 9.17) is 14.0 Å². The zero-order valence-corrected chi connectivity index (χ0v) is 27.9. The van der Waals surface area contributed by atoms with Gasteiger partial charge in [0.15, 0.2) is 11.4 Å². The van der Waals surface area contributed by atoms with Crippen LogP contribution in [0.15, 0.2) is 76.8 Å². The van der Waals surface area contributed by atoms with E-state index in [0.717, 1.165) is 11.6 Å². The van der Waals surface area contributed by atoms with Crippen molar-refractivity contribution in [1.82, 2.24) is 10.1 Å². The molecule has 0 radical (unpaired) electrons. The van der Waals surface area contributed by atoms with Crippen LogP contribution in [0, 0.1) is 11.8 Å². The Morgan fingerprint density at radius 3 is 2.16 bits per heavy atom. The van der Waals surface area contributed by atoms with Gasteiger partial charge in [0.1, 0.15) is 30.3 Å². The van der Waals surface area contributed by atoms with Crippen molar-refractivity contribution in [3.05, 3.63) is 117 Å². The minimum absolute atomic E-state index is 0.00205. The lowest BCUT2D eigenvalue weighted by molar-refractivity contribution is -0.143. The Hall–Kier alpha value is -4.98. The van der Waals surface area contributed by atoms with E-state index in [1.807, 2.05) is 6.07 Å². The zero-order valence-electron chi connectivity index (χ0n) is 27.9. The third-order valence-corrected chi connectivity index (χ3v) is 10.1. The summed E-state index contributed by atoms with van der Waals surface area (Å²) in [5.74, 6) is -5.61. The molecule has 0 aliphatic heterocycles. The number of benzene rings is 3. The number of Topliss-reactive ketones (excluding diaryl/α,β-unsaturated/α-hetero) is 2. The first-order valence-corrected chi connectivity index (χ1v) is 16.4. The van der Waals surface area contributed by atoms with Crippen LogP contribution in [0.1, 0.15) is 75.0 Å². The Bertz CT molecular complexity index is 2040. The molecule has 1 heterocycles. The van der Waals surface area contributed by atoms with Gasteiger partial charge < -0.3 is 29.3 Å². The number of ketones is 2. The highest BCUT2D eigenvalue weighted by Gasteiger charge is 2.65. The summed E-state index contributed by atoms with van der Waals surface area (Å²) < 4.78 is 62.0. The van der Waals surface area contributed by atoms with Crippen molar-refractivity contribution in [2.24, 2.45) is 11.8 Å². The summed E-state index contributed by atoms with van der Waals surface area (Å²) in [6, 6.07) is 17.9. The molecule has 3 aliphatic rings. The second-order valence-electron chi connectivity index (χ2n) is 13.5. The van der Waals surface area contributed by atoms with Crippen LogP contribution in [0.4, 0.5) is 13.2 Å². The summed E-state index contributed by atoms with van der Waals surface area (Å²) in [5.41, 5.74) is -4.23. The number of fused-ring (bicyclic) bond motifs is 4. The molecule has 1 unspecified atom stereocenters. The van der Waals surface area contributed by atoms with Crippen LogP contribution in [-0.4, -0.2) is 56.6 Å². The van der Waals surface area contributed by atoms with E-state index >= 15 is 0 Å². The van der Waals surface area contributed by atoms with Gasteiger partial charge in [0.05, 0.1) is 23.3 Å². The van der Waals surface area contributed by atoms with Crippen LogP contribution < -0.4 is 9.47 Å². The zero-order chi connectivity index (χ0) is 36.4. The van der Waals surface area contributed by atoms with Crippen molar-refractivity contribution in [1.29, 1.82) is 0 Å². The maximum atomic E-state index is 14.9. The van der Waals surface area contributed by atoms with Gasteiger partial charge in [0.2, 0.25) is 11.6 Å². The molecule has 51 heavy (non-hydrogen) atoms. The normalized spacial score (nSPS) is 23.4. The first kappa shape index (κ1) is 34.5. The smallest absolute Gasteiger partial charge is 0.417 e. The number of nitrogens with zero attached hydrogens (tertiary/aromatic N) is 2. The first-order valence-electron chi connectivity index (χ1n) is 16.4. The predicted octanol–water partition coefficient (Wildman–Crippen LogP) is 6.17. The average Bonchev–Trinajstić information content (AvgIpc) is 3.51. The van der Waals surface area contributed by atoms with Crippen LogP contribution in [0.25, 0.3) is 5.76 Å². The fraction of sp³-hybridized carbons (Fsp3) is 0.342. The minimum Gasteiger partial charge on any atom is -0.507 e. The summed E-state index contributed by atoms with van der Waals surface area (Å²) >= 11 is 0. The number of aliphatic hydroxyl groups excluding tert-OH is 2. The molecule has 0 saturated heterocycles. The van der Waals surface area contributed by atoms with Gasteiger partial charge in [0, 0.05) is 11.5 Å². The van der Waals surface area contributed by atoms with Crippen LogP contribution in [-0.2, 0) is 30.6 Å². The second-order valence-corrected chi connectivity index (χ2v) is 13.5. The number of carbonyl (C=O) groups is 2. The number of ether oxygens (including phenoxy) is 2. The highest BCUT2D eigenvalue weighted by molar-refractivity contribution is 6.26. The summed E-state index contributed by atoms with van der Waals surface area (Å²) in [5, 5.41) is 38.7. The Labute approximate surface area is 290 Å². The van der Waals surface area contributed by atoms with E-state index in [0.29, 0.717) is 5.56 Å². The number of alkyl halides is 3. The lowest BCUT2D eigenvalue weighted by Crippen LogP contribution is -2.63. The van der Waals surface area contributed by atoms with Crippen molar-refractivity contribution in [2.75, 3.05) is 14.1 Å². The molecule has 0 amide bonds. The lowest BCUT2D eigenvalue weighted by Gasteiger charge is -2.49. The minimum atomic E-state index is -4.95. The summed E-state index contributed by atoms with van der Waals surface area (Å²) in [4.78, 5) is 30.5. The Morgan fingerprint density at radius 2 is 1.59 bits per heavy atom. The molecule has 10 nitrogen and oxygen atoms in total. The van der Waals surface area contributed by atoms with Crippen molar-refractivity contribution >= 4 is 17.3 Å². The van der Waals surface area contributed by atoms with Crippen molar-refractivity contribution in [2.45, 2.75) is 56.9 Å². The molecule has 7 rings (SSSR count). The Balaban J connectivity index is 1.36. The molecule has 3 aromatic carbocycles. The lowest BCUT2D eigenvalue weighted by atomic mass is 9.57. The number of hydrogen-bond acceptors (Lipinski definition) is 10. The number of aliphatic hydroxyl groups is 3. The van der Waals surface area contributed by atoms with Crippen molar-refractivity contribution < 1.29 is 52.1 Å². The molecule has 3 aliphatic carbocycles. The highest BCUT2D eigenvalue weighted by Crippen LogP contribution is 2.57. The van der Waals surface area contributed by atoms with Gasteiger partial charge in [-0.25, -0.2) is 0 Å². The van der Waals surface area contributed by atoms with Gasteiger partial charge in [0.25, 0.3) is 5.88 Å². The van der Waals surface area contributed by atoms with E-state index < -0.39 is 70.6 Å². The summed E-state index contributed by atoms with van der Waals surface area (Å²) in [6.45, 7) is 1.10. The maximum Gasteiger partial charge on any atom is 0.417 e. The summed E-state index contributed by atoms with van der Waals surface area (Å²) in [7, 11) is 3.29. The molecule has 0 spiro atoms. The number of halogens is 3. The number of rotatable bonds is 8. The largest absolute Gasteiger partial charge is 0.507 e. The fourth-order valence-electron chi connectivity index (χ4n) is 7.85. The van der Waals surface area contributed by atoms with Crippen LogP contribution in [0.5, 0.6) is 11.6 Å². The fourth-order valence-corrected chi connectivity index (χ4v) is 7.85. The van der Waals surface area contributed by atoms with Crippen LogP contribution in [0.2, 0.25) is 0 Å². The topological polar surface area (TPSA) is 143 Å². The molecule has 13 heteroatoms. The van der Waals surface area contributed by atoms with E-state index in [1.54, 1.807) is 73.6 Å². The highest BCUT2D eigenvalue weighted by atomic mass is 19.4. The third-order valence-electron chi connectivity index (χ3n) is 10.1.